The van der Waals surface area contributed by atoms with E-state index in [1.807, 2.05) is 36.4 Å². The van der Waals surface area contributed by atoms with Gasteiger partial charge in [0.1, 0.15) is 11.8 Å². The molecule has 16 heavy (non-hydrogen) atoms. The molecular weight excluding hydrogens is 245 g/mol. The number of ether oxygens (including phenoxy) is 1. The predicted octanol–water partition coefficient (Wildman–Crippen LogP) is 3.93. The first-order valence-corrected chi connectivity index (χ1v) is 5.86. The van der Waals surface area contributed by atoms with E-state index < -0.39 is 4.33 Å². The Morgan fingerprint density at radius 3 is 2.50 bits per heavy atom. The quantitative estimate of drug-likeness (QED) is 0.572. The second-order valence-electron chi connectivity index (χ2n) is 3.43. The van der Waals surface area contributed by atoms with Crippen LogP contribution in [0.1, 0.15) is 19.3 Å². The Kier molecular flexibility index (Phi) is 5.45. The molecule has 0 aliphatic rings. The van der Waals surface area contributed by atoms with Gasteiger partial charge in [-0.15, -0.1) is 0 Å². The fourth-order valence-corrected chi connectivity index (χ4v) is 1.48. The number of benzene rings is 1. The van der Waals surface area contributed by atoms with Crippen molar-refractivity contribution in [2.45, 2.75) is 23.6 Å². The number of rotatable bonds is 6. The summed E-state index contributed by atoms with van der Waals surface area (Å²) in [6.45, 7) is 0.610. The highest BCUT2D eigenvalue weighted by molar-refractivity contribution is 6.50. The number of para-hydroxylation sites is 1. The second-order valence-corrected chi connectivity index (χ2v) is 4.92. The van der Waals surface area contributed by atoms with E-state index in [4.69, 9.17) is 33.2 Å². The molecule has 0 heterocycles. The second kappa shape index (κ2) is 6.62. The summed E-state index contributed by atoms with van der Waals surface area (Å²) in [5.74, 6) is 0.853. The predicted molar refractivity (Wildman–Crippen MR) is 65.8 cm³/mol. The van der Waals surface area contributed by atoms with Crippen molar-refractivity contribution in [2.24, 2.45) is 0 Å². The molecule has 1 aromatic carbocycles. The molecule has 1 aromatic rings. The molecule has 0 aliphatic heterocycles. The summed E-state index contributed by atoms with van der Waals surface area (Å²) >= 11 is 11.4. The maximum atomic E-state index is 8.58. The summed E-state index contributed by atoms with van der Waals surface area (Å²) in [5.41, 5.74) is 0. The summed E-state index contributed by atoms with van der Waals surface area (Å²) in [4.78, 5) is 0. The van der Waals surface area contributed by atoms with Crippen molar-refractivity contribution in [1.29, 1.82) is 5.26 Å². The molecule has 0 atom stereocenters. The molecule has 0 aromatic heterocycles. The molecule has 0 saturated carbocycles. The number of nitriles is 1. The lowest BCUT2D eigenvalue weighted by molar-refractivity contribution is 0.305. The van der Waals surface area contributed by atoms with Gasteiger partial charge in [-0.3, -0.25) is 0 Å². The Bertz CT molecular complexity index is 346. The summed E-state index contributed by atoms with van der Waals surface area (Å²) in [6, 6.07) is 11.4. The topological polar surface area (TPSA) is 33.0 Å². The first-order valence-electron chi connectivity index (χ1n) is 5.11. The van der Waals surface area contributed by atoms with Crippen LogP contribution in [-0.4, -0.2) is 10.9 Å². The minimum atomic E-state index is -1.26. The lowest BCUT2D eigenvalue weighted by Gasteiger charge is -2.10. The number of halogens is 2. The molecular formula is C12H13Cl2NO. The van der Waals surface area contributed by atoms with Gasteiger partial charge >= 0.3 is 0 Å². The van der Waals surface area contributed by atoms with Gasteiger partial charge in [0.25, 0.3) is 0 Å². The standard InChI is InChI=1S/C12H13Cl2NO/c13-12(14,10-15)8-4-5-9-16-11-6-2-1-3-7-11/h1-3,6-7H,4-5,8-9H2. The van der Waals surface area contributed by atoms with E-state index in [2.05, 4.69) is 0 Å². The Labute approximate surface area is 106 Å². The number of nitrogens with zero attached hydrogens (tertiary/aromatic N) is 1. The maximum Gasteiger partial charge on any atom is 0.203 e. The van der Waals surface area contributed by atoms with Gasteiger partial charge < -0.3 is 4.74 Å². The normalized spacial score (nSPS) is 10.8. The highest BCUT2D eigenvalue weighted by Crippen LogP contribution is 2.26. The van der Waals surface area contributed by atoms with Crippen molar-refractivity contribution in [1.82, 2.24) is 0 Å². The van der Waals surface area contributed by atoms with E-state index >= 15 is 0 Å². The van der Waals surface area contributed by atoms with E-state index in [-0.39, 0.29) is 0 Å². The van der Waals surface area contributed by atoms with E-state index in [0.29, 0.717) is 13.0 Å². The Morgan fingerprint density at radius 1 is 1.19 bits per heavy atom. The molecule has 0 bridgehead atoms. The van der Waals surface area contributed by atoms with Gasteiger partial charge in [0, 0.05) is 0 Å². The smallest absolute Gasteiger partial charge is 0.203 e. The first kappa shape index (κ1) is 13.2. The van der Waals surface area contributed by atoms with Gasteiger partial charge in [-0.25, -0.2) is 0 Å². The molecule has 0 amide bonds. The minimum absolute atomic E-state index is 0.463. The van der Waals surface area contributed by atoms with Gasteiger partial charge in [0.15, 0.2) is 0 Å². The van der Waals surface area contributed by atoms with Crippen molar-refractivity contribution in [3.63, 3.8) is 0 Å². The van der Waals surface area contributed by atoms with Crippen LogP contribution in [0.3, 0.4) is 0 Å². The zero-order chi connectivity index (χ0) is 11.9. The van der Waals surface area contributed by atoms with E-state index in [0.717, 1.165) is 18.6 Å². The maximum absolute atomic E-state index is 8.58. The van der Waals surface area contributed by atoms with Crippen molar-refractivity contribution in [2.75, 3.05) is 6.61 Å². The third-order valence-corrected chi connectivity index (χ3v) is 2.61. The van der Waals surface area contributed by atoms with Gasteiger partial charge in [0.05, 0.1) is 6.61 Å². The average molecular weight is 258 g/mol. The highest BCUT2D eigenvalue weighted by atomic mass is 35.5. The van der Waals surface area contributed by atoms with Crippen LogP contribution in [-0.2, 0) is 0 Å². The molecule has 0 fully saturated rings. The monoisotopic (exact) mass is 257 g/mol. The van der Waals surface area contributed by atoms with Crippen LogP contribution in [0.5, 0.6) is 5.75 Å². The van der Waals surface area contributed by atoms with Crippen LogP contribution in [0.25, 0.3) is 0 Å². The van der Waals surface area contributed by atoms with Crippen molar-refractivity contribution >= 4 is 23.2 Å². The lowest BCUT2D eigenvalue weighted by atomic mass is 10.2. The van der Waals surface area contributed by atoms with Crippen LogP contribution in [0.4, 0.5) is 0 Å². The highest BCUT2D eigenvalue weighted by Gasteiger charge is 2.21. The van der Waals surface area contributed by atoms with Crippen LogP contribution in [0, 0.1) is 11.3 Å². The molecule has 1 rings (SSSR count). The molecule has 0 radical (unpaired) electrons. The van der Waals surface area contributed by atoms with Gasteiger partial charge in [0.2, 0.25) is 4.33 Å². The largest absolute Gasteiger partial charge is 0.494 e. The Morgan fingerprint density at radius 2 is 1.88 bits per heavy atom. The number of unbranched alkanes of at least 4 members (excludes halogenated alkanes) is 1. The van der Waals surface area contributed by atoms with Gasteiger partial charge in [-0.2, -0.15) is 5.26 Å². The van der Waals surface area contributed by atoms with Crippen LogP contribution in [0.2, 0.25) is 0 Å². The fraction of sp³-hybridized carbons (Fsp3) is 0.417. The summed E-state index contributed by atoms with van der Waals surface area (Å²) in [7, 11) is 0. The summed E-state index contributed by atoms with van der Waals surface area (Å²) in [6.07, 6.45) is 2.07. The number of hydrogen-bond donors (Lipinski definition) is 0. The van der Waals surface area contributed by atoms with E-state index in [1.54, 1.807) is 0 Å². The lowest BCUT2D eigenvalue weighted by Crippen LogP contribution is -2.09. The zero-order valence-corrected chi connectivity index (χ0v) is 10.3. The SMILES string of the molecule is N#CC(Cl)(Cl)CCCCOc1ccccc1. The van der Waals surface area contributed by atoms with Crippen molar-refractivity contribution in [3.05, 3.63) is 30.3 Å². The minimum Gasteiger partial charge on any atom is -0.494 e. The molecule has 0 aliphatic carbocycles. The van der Waals surface area contributed by atoms with E-state index in [9.17, 15) is 0 Å². The molecule has 0 N–H and O–H groups in total. The Balaban J connectivity index is 2.12. The molecule has 0 unspecified atom stereocenters. The third kappa shape index (κ3) is 5.25. The summed E-state index contributed by atoms with van der Waals surface area (Å²) in [5, 5.41) is 8.58. The molecule has 0 saturated heterocycles. The van der Waals surface area contributed by atoms with Crippen LogP contribution < -0.4 is 4.74 Å². The fourth-order valence-electron chi connectivity index (χ4n) is 1.21. The first-order chi connectivity index (χ1) is 7.64. The van der Waals surface area contributed by atoms with Crippen molar-refractivity contribution in [3.8, 4) is 11.8 Å². The molecule has 0 spiro atoms. The molecule has 2 nitrogen and oxygen atoms in total. The van der Waals surface area contributed by atoms with Gasteiger partial charge in [-0.1, -0.05) is 41.4 Å². The van der Waals surface area contributed by atoms with E-state index in [1.165, 1.54) is 0 Å². The van der Waals surface area contributed by atoms with Crippen LogP contribution >= 0.6 is 23.2 Å². The number of alkyl halides is 2. The Hall–Kier alpha value is -0.910. The number of hydrogen-bond acceptors (Lipinski definition) is 2. The average Bonchev–Trinajstić information content (AvgIpc) is 2.30. The molecule has 4 heteroatoms. The molecule has 86 valence electrons. The third-order valence-electron chi connectivity index (χ3n) is 2.06. The summed E-state index contributed by atoms with van der Waals surface area (Å²) < 4.78 is 4.23. The van der Waals surface area contributed by atoms with Gasteiger partial charge in [-0.05, 0) is 31.4 Å². The van der Waals surface area contributed by atoms with Crippen LogP contribution in [0.15, 0.2) is 30.3 Å². The van der Waals surface area contributed by atoms with Crippen molar-refractivity contribution < 1.29 is 4.74 Å². The zero-order valence-electron chi connectivity index (χ0n) is 8.83.